The highest BCUT2D eigenvalue weighted by Crippen LogP contribution is 2.19. The lowest BCUT2D eigenvalue weighted by molar-refractivity contribution is -0.178. The number of hydrogen-bond acceptors (Lipinski definition) is 4. The second kappa shape index (κ2) is 7.48. The number of hydrogen-bond donors (Lipinski definition) is 0. The van der Waals surface area contributed by atoms with Gasteiger partial charge >= 0.3 is 11.9 Å². The van der Waals surface area contributed by atoms with Crippen molar-refractivity contribution in [1.29, 1.82) is 0 Å². The first-order chi connectivity index (χ1) is 9.43. The van der Waals surface area contributed by atoms with Gasteiger partial charge in [0.15, 0.2) is 0 Å². The van der Waals surface area contributed by atoms with Gasteiger partial charge in [-0.1, -0.05) is 31.2 Å². The quantitative estimate of drug-likeness (QED) is 0.612. The van der Waals surface area contributed by atoms with Gasteiger partial charge < -0.3 is 9.47 Å². The third-order valence-electron chi connectivity index (χ3n) is 2.79. The first-order valence-corrected chi connectivity index (χ1v) is 6.54. The van der Waals surface area contributed by atoms with Crippen LogP contribution in [0.25, 0.3) is 6.08 Å². The molecule has 4 heteroatoms. The summed E-state index contributed by atoms with van der Waals surface area (Å²) in [6.45, 7) is 6.49. The smallest absolute Gasteiger partial charge is 0.305 e. The van der Waals surface area contributed by atoms with E-state index in [2.05, 4.69) is 0 Å². The minimum atomic E-state index is -0.963. The first-order valence-electron chi connectivity index (χ1n) is 6.54. The second-order valence-corrected chi connectivity index (χ2v) is 4.48. The molecule has 0 spiro atoms. The molecule has 20 heavy (non-hydrogen) atoms. The van der Waals surface area contributed by atoms with Gasteiger partial charge in [-0.25, -0.2) is 0 Å². The molecule has 0 aliphatic rings. The topological polar surface area (TPSA) is 52.6 Å². The maximum Gasteiger partial charge on any atom is 0.305 e. The zero-order valence-electron chi connectivity index (χ0n) is 12.3. The van der Waals surface area contributed by atoms with Crippen LogP contribution < -0.4 is 0 Å². The Morgan fingerprint density at radius 2 is 1.70 bits per heavy atom. The molecule has 0 aromatic heterocycles. The third-order valence-corrected chi connectivity index (χ3v) is 2.79. The molecule has 0 heterocycles. The van der Waals surface area contributed by atoms with E-state index in [1.807, 2.05) is 44.2 Å². The van der Waals surface area contributed by atoms with E-state index >= 15 is 0 Å². The van der Waals surface area contributed by atoms with Crippen LogP contribution in [0.2, 0.25) is 0 Å². The molecule has 1 rings (SSSR count). The average molecular weight is 276 g/mol. The molecule has 0 radical (unpaired) electrons. The van der Waals surface area contributed by atoms with Crippen molar-refractivity contribution in [3.63, 3.8) is 0 Å². The highest BCUT2D eigenvalue weighted by Gasteiger charge is 2.19. The molecule has 0 bridgehead atoms. The van der Waals surface area contributed by atoms with Crippen molar-refractivity contribution < 1.29 is 19.1 Å². The molecule has 0 aliphatic carbocycles. The number of ether oxygens (including phenoxy) is 2. The summed E-state index contributed by atoms with van der Waals surface area (Å²) in [6, 6.07) is 7.84. The lowest BCUT2D eigenvalue weighted by Gasteiger charge is -2.19. The van der Waals surface area contributed by atoms with Gasteiger partial charge in [0, 0.05) is 19.4 Å². The zero-order valence-corrected chi connectivity index (χ0v) is 12.3. The normalized spacial score (nSPS) is 11.3. The number of rotatable bonds is 5. The van der Waals surface area contributed by atoms with Gasteiger partial charge in [-0.3, -0.25) is 9.59 Å². The highest BCUT2D eigenvalue weighted by molar-refractivity contribution is 5.69. The molecule has 0 unspecified atom stereocenters. The van der Waals surface area contributed by atoms with Crippen molar-refractivity contribution in [3.05, 3.63) is 41.0 Å². The van der Waals surface area contributed by atoms with E-state index in [0.717, 1.165) is 16.7 Å². The van der Waals surface area contributed by atoms with Crippen molar-refractivity contribution in [2.24, 2.45) is 0 Å². The minimum Gasteiger partial charge on any atom is -0.421 e. The second-order valence-electron chi connectivity index (χ2n) is 4.48. The lowest BCUT2D eigenvalue weighted by atomic mass is 10.0. The Hall–Kier alpha value is -2.10. The largest absolute Gasteiger partial charge is 0.421 e. The van der Waals surface area contributed by atoms with E-state index in [1.165, 1.54) is 13.8 Å². The van der Waals surface area contributed by atoms with Crippen LogP contribution in [0.15, 0.2) is 29.8 Å². The maximum absolute atomic E-state index is 11.1. The van der Waals surface area contributed by atoms with Crippen LogP contribution in [0.5, 0.6) is 0 Å². The Morgan fingerprint density at radius 3 is 2.15 bits per heavy atom. The molecular weight excluding hydrogens is 256 g/mol. The van der Waals surface area contributed by atoms with Gasteiger partial charge in [-0.2, -0.15) is 0 Å². The summed E-state index contributed by atoms with van der Waals surface area (Å²) in [7, 11) is 0. The predicted molar refractivity (Wildman–Crippen MR) is 76.8 cm³/mol. The van der Waals surface area contributed by atoms with Gasteiger partial charge in [0.05, 0.1) is 0 Å². The summed E-state index contributed by atoms with van der Waals surface area (Å²) in [5.74, 6) is -0.972. The molecule has 4 nitrogen and oxygen atoms in total. The monoisotopic (exact) mass is 276 g/mol. The fourth-order valence-electron chi connectivity index (χ4n) is 1.76. The number of carbonyl (C=O) groups excluding carboxylic acids is 2. The summed E-state index contributed by atoms with van der Waals surface area (Å²) in [5.41, 5.74) is 2.85. The predicted octanol–water partition coefficient (Wildman–Crippen LogP) is 3.24. The summed E-state index contributed by atoms with van der Waals surface area (Å²) in [4.78, 5) is 22.3. The maximum atomic E-state index is 11.1. The van der Waals surface area contributed by atoms with Crippen LogP contribution in [0, 0.1) is 6.92 Å². The zero-order chi connectivity index (χ0) is 15.1. The SMILES string of the molecule is CCC(=Cc1ccccc1C)C(OC(C)=O)OC(C)=O. The molecular formula is C16H20O4. The molecule has 108 valence electrons. The molecule has 1 aromatic carbocycles. The standard InChI is InChI=1S/C16H20O4/c1-5-14(10-15-9-7-6-8-11(15)2)16(19-12(3)17)20-13(4)18/h6-10,16H,5H2,1-4H3. The minimum absolute atomic E-state index is 0.486. The third kappa shape index (κ3) is 4.88. The van der Waals surface area contributed by atoms with Crippen molar-refractivity contribution in [1.82, 2.24) is 0 Å². The Bertz CT molecular complexity index is 501. The van der Waals surface area contributed by atoms with Gasteiger partial charge in [-0.05, 0) is 30.5 Å². The van der Waals surface area contributed by atoms with E-state index in [0.29, 0.717) is 6.42 Å². The summed E-state index contributed by atoms with van der Waals surface area (Å²) in [5, 5.41) is 0. The number of aryl methyl sites for hydroxylation is 1. The summed E-state index contributed by atoms with van der Waals surface area (Å²) >= 11 is 0. The average Bonchev–Trinajstić information content (AvgIpc) is 2.36. The molecule has 0 saturated carbocycles. The molecule has 0 aliphatic heterocycles. The van der Waals surface area contributed by atoms with Crippen molar-refractivity contribution in [2.75, 3.05) is 0 Å². The van der Waals surface area contributed by atoms with Gasteiger partial charge in [0.25, 0.3) is 6.29 Å². The highest BCUT2D eigenvalue weighted by atomic mass is 16.7. The van der Waals surface area contributed by atoms with Crippen LogP contribution in [0.1, 0.15) is 38.3 Å². The van der Waals surface area contributed by atoms with Crippen molar-refractivity contribution >= 4 is 18.0 Å². The molecule has 0 amide bonds. The van der Waals surface area contributed by atoms with Crippen molar-refractivity contribution in [3.8, 4) is 0 Å². The van der Waals surface area contributed by atoms with E-state index in [9.17, 15) is 9.59 Å². The van der Waals surface area contributed by atoms with Crippen molar-refractivity contribution in [2.45, 2.75) is 40.4 Å². The van der Waals surface area contributed by atoms with E-state index < -0.39 is 18.2 Å². The lowest BCUT2D eigenvalue weighted by Crippen LogP contribution is -2.24. The van der Waals surface area contributed by atoms with Gasteiger partial charge in [0.2, 0.25) is 0 Å². The number of benzene rings is 1. The Morgan fingerprint density at radius 1 is 1.15 bits per heavy atom. The fraction of sp³-hybridized carbons (Fsp3) is 0.375. The fourth-order valence-corrected chi connectivity index (χ4v) is 1.76. The number of carbonyl (C=O) groups is 2. The molecule has 0 N–H and O–H groups in total. The molecule has 0 atom stereocenters. The van der Waals surface area contributed by atoms with Crippen LogP contribution >= 0.6 is 0 Å². The Balaban J connectivity index is 3.08. The number of esters is 2. The van der Waals surface area contributed by atoms with E-state index in [1.54, 1.807) is 0 Å². The molecule has 1 aromatic rings. The van der Waals surface area contributed by atoms with Crippen LogP contribution in [-0.4, -0.2) is 18.2 Å². The van der Waals surface area contributed by atoms with E-state index in [-0.39, 0.29) is 0 Å². The van der Waals surface area contributed by atoms with Crippen LogP contribution in [-0.2, 0) is 19.1 Å². The summed E-state index contributed by atoms with van der Waals surface area (Å²) in [6.07, 6.45) is 1.54. The van der Waals surface area contributed by atoms with Crippen LogP contribution in [0.4, 0.5) is 0 Å². The van der Waals surface area contributed by atoms with E-state index in [4.69, 9.17) is 9.47 Å². The molecule has 0 saturated heterocycles. The Kier molecular flexibility index (Phi) is 5.97. The first kappa shape index (κ1) is 16.0. The molecule has 0 fully saturated rings. The van der Waals surface area contributed by atoms with Crippen LogP contribution in [0.3, 0.4) is 0 Å². The van der Waals surface area contributed by atoms with Gasteiger partial charge in [0.1, 0.15) is 0 Å². The van der Waals surface area contributed by atoms with Gasteiger partial charge in [-0.15, -0.1) is 0 Å². The Labute approximate surface area is 119 Å². The summed E-state index contributed by atoms with van der Waals surface area (Å²) < 4.78 is 10.2.